The van der Waals surface area contributed by atoms with Crippen LogP contribution in [0.5, 0.6) is 0 Å². The zero-order chi connectivity index (χ0) is 13.1. The van der Waals surface area contributed by atoms with Crippen molar-refractivity contribution < 1.29 is 13.5 Å². The summed E-state index contributed by atoms with van der Waals surface area (Å²) >= 11 is 0. The largest absolute Gasteiger partial charge is 0.381 e. The highest BCUT2D eigenvalue weighted by Crippen LogP contribution is 2.28. The summed E-state index contributed by atoms with van der Waals surface area (Å²) in [5.74, 6) is -1.10. The molecular formula is C12H17F2N3O. The SMILES string of the molecule is CN(CCOCC1CC1)c1nc(N)c(F)cc1F. The quantitative estimate of drug-likeness (QED) is 0.790. The molecule has 0 amide bonds. The van der Waals surface area contributed by atoms with Crippen LogP contribution in [0.3, 0.4) is 0 Å². The van der Waals surface area contributed by atoms with Crippen LogP contribution in [-0.2, 0) is 4.74 Å². The Bertz CT molecular complexity index is 424. The van der Waals surface area contributed by atoms with E-state index in [2.05, 4.69) is 4.98 Å². The molecule has 0 unspecified atom stereocenters. The van der Waals surface area contributed by atoms with Crippen molar-refractivity contribution in [2.75, 3.05) is 37.4 Å². The van der Waals surface area contributed by atoms with Crippen molar-refractivity contribution in [1.82, 2.24) is 4.98 Å². The van der Waals surface area contributed by atoms with Gasteiger partial charge in [-0.1, -0.05) is 0 Å². The Balaban J connectivity index is 1.86. The van der Waals surface area contributed by atoms with Crippen LogP contribution < -0.4 is 10.6 Å². The van der Waals surface area contributed by atoms with Crippen LogP contribution in [0.15, 0.2) is 6.07 Å². The van der Waals surface area contributed by atoms with E-state index in [-0.39, 0.29) is 11.6 Å². The molecule has 1 aliphatic rings. The summed E-state index contributed by atoms with van der Waals surface area (Å²) in [6.45, 7) is 1.74. The van der Waals surface area contributed by atoms with Crippen molar-refractivity contribution in [2.45, 2.75) is 12.8 Å². The summed E-state index contributed by atoms with van der Waals surface area (Å²) < 4.78 is 31.9. The topological polar surface area (TPSA) is 51.4 Å². The van der Waals surface area contributed by atoms with Crippen molar-refractivity contribution in [2.24, 2.45) is 5.92 Å². The first-order chi connectivity index (χ1) is 8.58. The highest BCUT2D eigenvalue weighted by molar-refractivity contribution is 5.46. The number of pyridine rings is 1. The first-order valence-corrected chi connectivity index (χ1v) is 5.98. The van der Waals surface area contributed by atoms with Crippen LogP contribution >= 0.6 is 0 Å². The Kier molecular flexibility index (Phi) is 3.96. The smallest absolute Gasteiger partial charge is 0.168 e. The predicted octanol–water partition coefficient (Wildman–Crippen LogP) is 1.80. The molecule has 1 saturated carbocycles. The van der Waals surface area contributed by atoms with Gasteiger partial charge in [0.05, 0.1) is 6.61 Å². The molecule has 0 aliphatic heterocycles. The minimum Gasteiger partial charge on any atom is -0.381 e. The van der Waals surface area contributed by atoms with Gasteiger partial charge in [-0.25, -0.2) is 13.8 Å². The summed E-state index contributed by atoms with van der Waals surface area (Å²) in [4.78, 5) is 5.26. The van der Waals surface area contributed by atoms with E-state index in [1.165, 1.54) is 12.8 Å². The maximum atomic E-state index is 13.5. The van der Waals surface area contributed by atoms with Gasteiger partial charge in [-0.15, -0.1) is 0 Å². The van der Waals surface area contributed by atoms with Gasteiger partial charge in [0.2, 0.25) is 0 Å². The third-order valence-electron chi connectivity index (χ3n) is 2.92. The summed E-state index contributed by atoms with van der Waals surface area (Å²) in [6, 6.07) is 0.749. The zero-order valence-electron chi connectivity index (χ0n) is 10.3. The Morgan fingerprint density at radius 3 is 2.83 bits per heavy atom. The standard InChI is InChI=1S/C12H17F2N3O/c1-17(4-5-18-7-8-2-3-8)12-10(14)6-9(13)11(15)16-12/h6,8H,2-5,7H2,1H3,(H2,15,16). The van der Waals surface area contributed by atoms with E-state index in [1.807, 2.05) is 0 Å². The summed E-state index contributed by atoms with van der Waals surface area (Å²) in [5, 5.41) is 0. The van der Waals surface area contributed by atoms with Crippen molar-refractivity contribution >= 4 is 11.6 Å². The summed E-state index contributed by atoms with van der Waals surface area (Å²) in [5.41, 5.74) is 5.32. The van der Waals surface area contributed by atoms with Gasteiger partial charge >= 0.3 is 0 Å². The van der Waals surface area contributed by atoms with Crippen LogP contribution in [0.1, 0.15) is 12.8 Å². The number of halogens is 2. The molecule has 1 aromatic rings. The van der Waals surface area contributed by atoms with Gasteiger partial charge in [-0.3, -0.25) is 0 Å². The third-order valence-corrected chi connectivity index (χ3v) is 2.92. The molecule has 0 atom stereocenters. The average molecular weight is 257 g/mol. The van der Waals surface area contributed by atoms with Gasteiger partial charge in [0.15, 0.2) is 23.3 Å². The van der Waals surface area contributed by atoms with Gasteiger partial charge in [-0.05, 0) is 18.8 Å². The van der Waals surface area contributed by atoms with E-state index < -0.39 is 11.6 Å². The fraction of sp³-hybridized carbons (Fsp3) is 0.583. The minimum absolute atomic E-state index is 0.0453. The fourth-order valence-corrected chi connectivity index (χ4v) is 1.58. The Morgan fingerprint density at radius 2 is 2.17 bits per heavy atom. The van der Waals surface area contributed by atoms with E-state index in [1.54, 1.807) is 11.9 Å². The van der Waals surface area contributed by atoms with E-state index in [0.29, 0.717) is 19.1 Å². The number of nitrogens with zero attached hydrogens (tertiary/aromatic N) is 2. The van der Waals surface area contributed by atoms with Gasteiger partial charge in [0, 0.05) is 26.3 Å². The molecule has 6 heteroatoms. The number of nitrogens with two attached hydrogens (primary N) is 1. The maximum Gasteiger partial charge on any atom is 0.168 e. The van der Waals surface area contributed by atoms with Crippen molar-refractivity contribution in [3.8, 4) is 0 Å². The van der Waals surface area contributed by atoms with E-state index >= 15 is 0 Å². The Morgan fingerprint density at radius 1 is 1.44 bits per heavy atom. The lowest BCUT2D eigenvalue weighted by atomic mass is 10.4. The normalized spacial score (nSPS) is 14.8. The first-order valence-electron chi connectivity index (χ1n) is 5.98. The number of nitrogen functional groups attached to an aromatic ring is 1. The van der Waals surface area contributed by atoms with Gasteiger partial charge in [0.1, 0.15) is 0 Å². The lowest BCUT2D eigenvalue weighted by Gasteiger charge is -2.19. The number of anilines is 2. The minimum atomic E-state index is -0.838. The lowest BCUT2D eigenvalue weighted by molar-refractivity contribution is 0.130. The lowest BCUT2D eigenvalue weighted by Crippen LogP contribution is -2.25. The number of ether oxygens (including phenoxy) is 1. The number of hydrogen-bond donors (Lipinski definition) is 1. The second-order valence-corrected chi connectivity index (χ2v) is 4.60. The van der Waals surface area contributed by atoms with Crippen LogP contribution in [0.2, 0.25) is 0 Å². The second-order valence-electron chi connectivity index (χ2n) is 4.60. The van der Waals surface area contributed by atoms with Gasteiger partial charge < -0.3 is 15.4 Å². The number of aromatic nitrogens is 1. The Hall–Kier alpha value is -1.43. The highest BCUT2D eigenvalue weighted by Gasteiger charge is 2.21. The third kappa shape index (κ3) is 3.29. The number of likely N-dealkylation sites (N-methyl/N-ethyl adjacent to an activating group) is 1. The molecule has 4 nitrogen and oxygen atoms in total. The molecule has 0 radical (unpaired) electrons. The molecule has 1 aromatic heterocycles. The van der Waals surface area contributed by atoms with Crippen LogP contribution in [0, 0.1) is 17.6 Å². The molecular weight excluding hydrogens is 240 g/mol. The maximum absolute atomic E-state index is 13.5. The fourth-order valence-electron chi connectivity index (χ4n) is 1.58. The van der Waals surface area contributed by atoms with E-state index in [0.717, 1.165) is 12.7 Å². The van der Waals surface area contributed by atoms with E-state index in [4.69, 9.17) is 10.5 Å². The number of hydrogen-bond acceptors (Lipinski definition) is 4. The molecule has 1 fully saturated rings. The van der Waals surface area contributed by atoms with Gasteiger partial charge in [-0.2, -0.15) is 0 Å². The number of rotatable bonds is 6. The van der Waals surface area contributed by atoms with Crippen molar-refractivity contribution in [3.05, 3.63) is 17.7 Å². The van der Waals surface area contributed by atoms with Crippen molar-refractivity contribution in [3.63, 3.8) is 0 Å². The molecule has 0 saturated heterocycles. The summed E-state index contributed by atoms with van der Waals surface area (Å²) in [6.07, 6.45) is 2.47. The molecule has 100 valence electrons. The van der Waals surface area contributed by atoms with Crippen LogP contribution in [-0.4, -0.2) is 31.8 Å². The molecule has 0 spiro atoms. The molecule has 1 heterocycles. The predicted molar refractivity (Wildman–Crippen MR) is 65.4 cm³/mol. The van der Waals surface area contributed by atoms with Gasteiger partial charge in [0.25, 0.3) is 0 Å². The van der Waals surface area contributed by atoms with Crippen LogP contribution in [0.25, 0.3) is 0 Å². The molecule has 2 N–H and O–H groups in total. The van der Waals surface area contributed by atoms with Crippen LogP contribution in [0.4, 0.5) is 20.4 Å². The molecule has 1 aliphatic carbocycles. The highest BCUT2D eigenvalue weighted by atomic mass is 19.1. The molecule has 2 rings (SSSR count). The average Bonchev–Trinajstić information content (AvgIpc) is 3.13. The molecule has 18 heavy (non-hydrogen) atoms. The first kappa shape index (κ1) is 13.0. The Labute approximate surface area is 105 Å². The molecule has 0 bridgehead atoms. The zero-order valence-corrected chi connectivity index (χ0v) is 10.3. The molecule has 0 aromatic carbocycles. The monoisotopic (exact) mass is 257 g/mol. The summed E-state index contributed by atoms with van der Waals surface area (Å²) in [7, 11) is 1.67. The van der Waals surface area contributed by atoms with Crippen molar-refractivity contribution in [1.29, 1.82) is 0 Å². The second kappa shape index (κ2) is 5.48. The van der Waals surface area contributed by atoms with E-state index in [9.17, 15) is 8.78 Å².